The van der Waals surface area contributed by atoms with Crippen LogP contribution in [0.25, 0.3) is 0 Å². The summed E-state index contributed by atoms with van der Waals surface area (Å²) in [5.74, 6) is 0.561. The fraction of sp³-hybridized carbons (Fsp3) is 0.231. The Hall–Kier alpha value is -1.02. The van der Waals surface area contributed by atoms with Gasteiger partial charge in [-0.1, -0.05) is 18.5 Å². The number of halogens is 2. The molecule has 0 bridgehead atoms. The van der Waals surface area contributed by atoms with Gasteiger partial charge < -0.3 is 9.73 Å². The van der Waals surface area contributed by atoms with E-state index in [1.807, 2.05) is 6.92 Å². The summed E-state index contributed by atoms with van der Waals surface area (Å²) in [5.41, 5.74) is 0.368. The zero-order valence-corrected chi connectivity index (χ0v) is 14.3. The molecule has 1 aromatic carbocycles. The molecule has 114 valence electrons. The molecule has 0 aliphatic rings. The highest BCUT2D eigenvalue weighted by atomic mass is 79.9. The maximum Gasteiger partial charge on any atom is 0.295 e. The summed E-state index contributed by atoms with van der Waals surface area (Å²) in [7, 11) is -3.77. The van der Waals surface area contributed by atoms with Gasteiger partial charge in [-0.25, -0.2) is 0 Å². The number of hydrogen-bond donors (Lipinski definition) is 2. The van der Waals surface area contributed by atoms with Crippen molar-refractivity contribution in [2.24, 2.45) is 0 Å². The van der Waals surface area contributed by atoms with Crippen LogP contribution in [0.1, 0.15) is 12.7 Å². The predicted octanol–water partition coefficient (Wildman–Crippen LogP) is 3.61. The van der Waals surface area contributed by atoms with E-state index in [1.165, 1.54) is 12.1 Å². The monoisotopic (exact) mass is 392 g/mol. The summed E-state index contributed by atoms with van der Waals surface area (Å²) >= 11 is 9.18. The summed E-state index contributed by atoms with van der Waals surface area (Å²) in [4.78, 5) is 0. The molecular formula is C13H14BrClN2O3S. The first kappa shape index (κ1) is 16.4. The smallest absolute Gasteiger partial charge is 0.295 e. The Labute approximate surface area is 136 Å². The molecule has 2 N–H and O–H groups in total. The van der Waals surface area contributed by atoms with E-state index in [1.54, 1.807) is 18.2 Å². The minimum atomic E-state index is -3.77. The fourth-order valence-electron chi connectivity index (χ4n) is 1.61. The first-order valence-electron chi connectivity index (χ1n) is 6.19. The van der Waals surface area contributed by atoms with Gasteiger partial charge in [0.2, 0.25) is 5.09 Å². The summed E-state index contributed by atoms with van der Waals surface area (Å²) < 4.78 is 32.8. The lowest BCUT2D eigenvalue weighted by atomic mass is 10.3. The van der Waals surface area contributed by atoms with E-state index in [9.17, 15) is 8.42 Å². The largest absolute Gasteiger partial charge is 0.446 e. The molecule has 0 atom stereocenters. The van der Waals surface area contributed by atoms with Gasteiger partial charge in [0.15, 0.2) is 0 Å². The van der Waals surface area contributed by atoms with Crippen molar-refractivity contribution in [1.82, 2.24) is 5.32 Å². The van der Waals surface area contributed by atoms with Crippen molar-refractivity contribution < 1.29 is 12.8 Å². The van der Waals surface area contributed by atoms with Gasteiger partial charge in [0.1, 0.15) is 5.76 Å². The Morgan fingerprint density at radius 3 is 2.71 bits per heavy atom. The molecule has 2 aromatic rings. The molecule has 5 nitrogen and oxygen atoms in total. The number of sulfonamides is 1. The van der Waals surface area contributed by atoms with Crippen LogP contribution in [0.3, 0.4) is 0 Å². The average molecular weight is 394 g/mol. The lowest BCUT2D eigenvalue weighted by molar-refractivity contribution is 0.405. The second-order valence-corrected chi connectivity index (χ2v) is 7.11. The normalized spacial score (nSPS) is 11.6. The number of benzene rings is 1. The zero-order chi connectivity index (χ0) is 15.5. The number of furan rings is 1. The van der Waals surface area contributed by atoms with Crippen molar-refractivity contribution in [2.45, 2.75) is 18.6 Å². The van der Waals surface area contributed by atoms with Gasteiger partial charge in [-0.15, -0.1) is 0 Å². The molecule has 8 heteroatoms. The molecule has 0 saturated heterocycles. The summed E-state index contributed by atoms with van der Waals surface area (Å²) in [6, 6.07) is 7.85. The molecule has 0 radical (unpaired) electrons. The number of rotatable bonds is 6. The van der Waals surface area contributed by atoms with E-state index in [4.69, 9.17) is 16.0 Å². The molecule has 0 spiro atoms. The van der Waals surface area contributed by atoms with Crippen molar-refractivity contribution in [1.29, 1.82) is 0 Å². The molecule has 21 heavy (non-hydrogen) atoms. The van der Waals surface area contributed by atoms with Gasteiger partial charge in [-0.3, -0.25) is 4.72 Å². The van der Waals surface area contributed by atoms with Crippen LogP contribution < -0.4 is 10.0 Å². The summed E-state index contributed by atoms with van der Waals surface area (Å²) in [6.07, 6.45) is 0. The van der Waals surface area contributed by atoms with Crippen LogP contribution in [0.2, 0.25) is 5.02 Å². The molecule has 0 amide bonds. The summed E-state index contributed by atoms with van der Waals surface area (Å²) in [5, 5.41) is 3.35. The highest BCUT2D eigenvalue weighted by Crippen LogP contribution is 2.27. The molecule has 0 saturated carbocycles. The molecule has 1 heterocycles. The van der Waals surface area contributed by atoms with E-state index in [0.29, 0.717) is 27.5 Å². The van der Waals surface area contributed by atoms with Gasteiger partial charge in [0, 0.05) is 4.47 Å². The van der Waals surface area contributed by atoms with Crippen LogP contribution in [0.4, 0.5) is 5.69 Å². The molecule has 0 fully saturated rings. The highest BCUT2D eigenvalue weighted by molar-refractivity contribution is 9.10. The lowest BCUT2D eigenvalue weighted by Gasteiger charge is -2.06. The Morgan fingerprint density at radius 2 is 2.05 bits per heavy atom. The van der Waals surface area contributed by atoms with Crippen molar-refractivity contribution in [3.05, 3.63) is 45.6 Å². The topological polar surface area (TPSA) is 71.3 Å². The Morgan fingerprint density at radius 1 is 1.29 bits per heavy atom. The van der Waals surface area contributed by atoms with E-state index < -0.39 is 10.0 Å². The quantitative estimate of drug-likeness (QED) is 0.786. The maximum absolute atomic E-state index is 12.2. The Kier molecular flexibility index (Phi) is 5.32. The third-order valence-corrected chi connectivity index (χ3v) is 5.11. The second-order valence-electron chi connectivity index (χ2n) is 4.24. The highest BCUT2D eigenvalue weighted by Gasteiger charge is 2.19. The fourth-order valence-corrected chi connectivity index (χ4v) is 3.04. The minimum absolute atomic E-state index is 0.130. The van der Waals surface area contributed by atoms with Crippen LogP contribution in [0.15, 0.2) is 44.3 Å². The third-order valence-electron chi connectivity index (χ3n) is 2.62. The van der Waals surface area contributed by atoms with E-state index in [2.05, 4.69) is 26.0 Å². The predicted molar refractivity (Wildman–Crippen MR) is 86.0 cm³/mol. The van der Waals surface area contributed by atoms with Crippen molar-refractivity contribution in [2.75, 3.05) is 11.3 Å². The van der Waals surface area contributed by atoms with Crippen LogP contribution in [0, 0.1) is 0 Å². The van der Waals surface area contributed by atoms with Gasteiger partial charge in [0.05, 0.1) is 17.3 Å². The standard InChI is InChI=1S/C13H14BrClN2O3S/c1-2-16-8-10-4-6-13(20-10)21(18,19)17-9-3-5-11(14)12(15)7-9/h3-7,16-17H,2,8H2,1H3. The second kappa shape index (κ2) is 6.83. The molecule has 1 aromatic heterocycles. The van der Waals surface area contributed by atoms with Crippen molar-refractivity contribution >= 4 is 43.2 Å². The van der Waals surface area contributed by atoms with Gasteiger partial charge >= 0.3 is 0 Å². The SMILES string of the molecule is CCNCc1ccc(S(=O)(=O)Nc2ccc(Br)c(Cl)c2)o1. The molecular weight excluding hydrogens is 380 g/mol. The first-order valence-corrected chi connectivity index (χ1v) is 8.85. The van der Waals surface area contributed by atoms with Crippen LogP contribution in [-0.2, 0) is 16.6 Å². The Balaban J connectivity index is 2.17. The van der Waals surface area contributed by atoms with Crippen molar-refractivity contribution in [3.63, 3.8) is 0 Å². The number of hydrogen-bond acceptors (Lipinski definition) is 4. The molecule has 0 aliphatic carbocycles. The van der Waals surface area contributed by atoms with Crippen LogP contribution in [0.5, 0.6) is 0 Å². The van der Waals surface area contributed by atoms with Gasteiger partial charge in [-0.05, 0) is 52.8 Å². The minimum Gasteiger partial charge on any atom is -0.446 e. The number of nitrogens with one attached hydrogen (secondary N) is 2. The van der Waals surface area contributed by atoms with Crippen LogP contribution in [-0.4, -0.2) is 15.0 Å². The average Bonchev–Trinajstić information content (AvgIpc) is 2.90. The zero-order valence-electron chi connectivity index (χ0n) is 11.2. The van der Waals surface area contributed by atoms with Gasteiger partial charge in [-0.2, -0.15) is 8.42 Å². The Bertz CT molecular complexity index is 731. The van der Waals surface area contributed by atoms with E-state index >= 15 is 0 Å². The number of anilines is 1. The first-order chi connectivity index (χ1) is 9.92. The molecule has 2 rings (SSSR count). The van der Waals surface area contributed by atoms with Gasteiger partial charge in [0.25, 0.3) is 10.0 Å². The summed E-state index contributed by atoms with van der Waals surface area (Å²) in [6.45, 7) is 3.22. The van der Waals surface area contributed by atoms with Crippen LogP contribution >= 0.6 is 27.5 Å². The molecule has 0 aliphatic heterocycles. The third kappa shape index (κ3) is 4.23. The lowest BCUT2D eigenvalue weighted by Crippen LogP contribution is -2.13. The maximum atomic E-state index is 12.2. The van der Waals surface area contributed by atoms with E-state index in [-0.39, 0.29) is 5.09 Å². The molecule has 0 unspecified atom stereocenters. The van der Waals surface area contributed by atoms with E-state index in [0.717, 1.165) is 6.54 Å². The van der Waals surface area contributed by atoms with Crippen molar-refractivity contribution in [3.8, 4) is 0 Å².